The predicted molar refractivity (Wildman–Crippen MR) is 119 cm³/mol. The Bertz CT molecular complexity index is 1310. The molecule has 6 heteroatoms. The van der Waals surface area contributed by atoms with E-state index in [1.54, 1.807) is 31.4 Å². The maximum Gasteiger partial charge on any atom is 0.261 e. The number of hydrogen-bond donors (Lipinski definition) is 1. The van der Waals surface area contributed by atoms with Crippen molar-refractivity contribution in [2.24, 2.45) is 4.99 Å². The molecule has 5 nitrogen and oxygen atoms in total. The van der Waals surface area contributed by atoms with E-state index in [-0.39, 0.29) is 11.5 Å². The van der Waals surface area contributed by atoms with Crippen LogP contribution in [0.2, 0.25) is 5.02 Å². The highest BCUT2D eigenvalue weighted by Crippen LogP contribution is 2.28. The molecule has 4 aromatic rings. The number of nitrogens with zero attached hydrogens (tertiary/aromatic N) is 1. The van der Waals surface area contributed by atoms with Crippen molar-refractivity contribution in [3.63, 3.8) is 0 Å². The van der Waals surface area contributed by atoms with Crippen molar-refractivity contribution >= 4 is 39.9 Å². The summed E-state index contributed by atoms with van der Waals surface area (Å²) in [5, 5.41) is 4.17. The first kappa shape index (κ1) is 19.7. The molecule has 1 amide bonds. The zero-order valence-electron chi connectivity index (χ0n) is 16.5. The second-order valence-corrected chi connectivity index (χ2v) is 7.11. The molecular weight excluding hydrogens is 400 g/mol. The molecule has 0 unspecified atom stereocenters. The van der Waals surface area contributed by atoms with E-state index in [9.17, 15) is 4.79 Å². The normalized spacial score (nSPS) is 11.5. The van der Waals surface area contributed by atoms with Crippen LogP contribution in [0.15, 0.2) is 82.2 Å². The van der Waals surface area contributed by atoms with Crippen molar-refractivity contribution in [1.82, 2.24) is 0 Å². The van der Waals surface area contributed by atoms with Crippen LogP contribution in [0.4, 0.5) is 11.4 Å². The Morgan fingerprint density at radius 3 is 2.57 bits per heavy atom. The van der Waals surface area contributed by atoms with Crippen LogP contribution >= 0.6 is 11.6 Å². The fourth-order valence-corrected chi connectivity index (χ4v) is 3.31. The zero-order valence-corrected chi connectivity index (χ0v) is 17.2. The van der Waals surface area contributed by atoms with Gasteiger partial charge in [-0.2, -0.15) is 0 Å². The molecule has 0 bridgehead atoms. The summed E-state index contributed by atoms with van der Waals surface area (Å²) in [6, 6.07) is 22.0. The van der Waals surface area contributed by atoms with Gasteiger partial charge in [-0.05, 0) is 48.9 Å². The van der Waals surface area contributed by atoms with Crippen molar-refractivity contribution in [3.05, 3.63) is 94.5 Å². The van der Waals surface area contributed by atoms with Gasteiger partial charge in [0, 0.05) is 11.1 Å². The maximum atomic E-state index is 13.1. The molecule has 0 saturated carbocycles. The first-order valence-corrected chi connectivity index (χ1v) is 9.71. The van der Waals surface area contributed by atoms with Gasteiger partial charge in [0.1, 0.15) is 16.9 Å². The molecule has 0 radical (unpaired) electrons. The van der Waals surface area contributed by atoms with E-state index in [4.69, 9.17) is 20.8 Å². The molecule has 30 heavy (non-hydrogen) atoms. The average molecular weight is 419 g/mol. The van der Waals surface area contributed by atoms with E-state index in [1.165, 1.54) is 0 Å². The fraction of sp³-hybridized carbons (Fsp3) is 0.0833. The number of nitrogens with one attached hydrogen (secondary N) is 1. The Morgan fingerprint density at radius 1 is 1.03 bits per heavy atom. The average Bonchev–Trinajstić information content (AvgIpc) is 2.75. The van der Waals surface area contributed by atoms with Crippen LogP contribution in [0.3, 0.4) is 0 Å². The summed E-state index contributed by atoms with van der Waals surface area (Å²) in [5.74, 6) is 0.237. The van der Waals surface area contributed by atoms with E-state index in [0.29, 0.717) is 27.6 Å². The number of hydrogen-bond acceptors (Lipinski definition) is 4. The minimum Gasteiger partial charge on any atom is -0.495 e. The number of fused-ring (bicyclic) bond motifs is 1. The van der Waals surface area contributed by atoms with Crippen molar-refractivity contribution in [2.45, 2.75) is 6.92 Å². The largest absolute Gasteiger partial charge is 0.495 e. The van der Waals surface area contributed by atoms with E-state index in [0.717, 1.165) is 16.6 Å². The van der Waals surface area contributed by atoms with Gasteiger partial charge in [-0.25, -0.2) is 4.99 Å². The Hall–Kier alpha value is -3.57. The van der Waals surface area contributed by atoms with Crippen molar-refractivity contribution in [3.8, 4) is 5.75 Å². The number of para-hydroxylation sites is 2. The molecule has 0 spiro atoms. The van der Waals surface area contributed by atoms with Crippen LogP contribution in [0.1, 0.15) is 15.9 Å². The first-order chi connectivity index (χ1) is 14.5. The Kier molecular flexibility index (Phi) is 5.55. The molecule has 3 aromatic carbocycles. The standard InChI is InChI=1S/C24H19ClN2O3/c1-15-7-3-5-9-20(15)27-23(28)18-13-16-8-4-6-10-21(16)30-24(18)26-17-11-12-22(29-2)19(25)14-17/h3-14H,1-2H3,(H,27,28). The smallest absolute Gasteiger partial charge is 0.261 e. The van der Waals surface area contributed by atoms with Crippen LogP contribution in [0.25, 0.3) is 11.0 Å². The third-order valence-electron chi connectivity index (χ3n) is 4.66. The lowest BCUT2D eigenvalue weighted by atomic mass is 10.1. The topological polar surface area (TPSA) is 63.8 Å². The van der Waals surface area contributed by atoms with Crippen LogP contribution in [-0.2, 0) is 0 Å². The molecule has 1 aromatic heterocycles. The van der Waals surface area contributed by atoms with Gasteiger partial charge in [0.25, 0.3) is 5.91 Å². The van der Waals surface area contributed by atoms with Crippen molar-refractivity contribution in [1.29, 1.82) is 0 Å². The number of amides is 1. The third-order valence-corrected chi connectivity index (χ3v) is 4.96. The molecule has 1 heterocycles. The number of methoxy groups -OCH3 is 1. The summed E-state index contributed by atoms with van der Waals surface area (Å²) >= 11 is 6.22. The van der Waals surface area contributed by atoms with Gasteiger partial charge < -0.3 is 14.5 Å². The van der Waals surface area contributed by atoms with Gasteiger partial charge >= 0.3 is 0 Å². The predicted octanol–water partition coefficient (Wildman–Crippen LogP) is 5.89. The number of aryl methyl sites for hydroxylation is 1. The van der Waals surface area contributed by atoms with Crippen LogP contribution in [0.5, 0.6) is 5.75 Å². The summed E-state index contributed by atoms with van der Waals surface area (Å²) in [4.78, 5) is 17.7. The van der Waals surface area contributed by atoms with E-state index in [1.807, 2.05) is 55.5 Å². The van der Waals surface area contributed by atoms with Gasteiger partial charge in [0.05, 0.1) is 17.8 Å². The van der Waals surface area contributed by atoms with E-state index >= 15 is 0 Å². The van der Waals surface area contributed by atoms with Crippen LogP contribution in [-0.4, -0.2) is 13.0 Å². The van der Waals surface area contributed by atoms with Crippen LogP contribution in [0, 0.1) is 6.92 Å². The number of carbonyl (C=O) groups is 1. The highest BCUT2D eigenvalue weighted by molar-refractivity contribution is 6.32. The summed E-state index contributed by atoms with van der Waals surface area (Å²) < 4.78 is 11.2. The van der Waals surface area contributed by atoms with Crippen molar-refractivity contribution < 1.29 is 13.9 Å². The molecule has 0 aliphatic heterocycles. The number of rotatable bonds is 4. The number of anilines is 1. The van der Waals surface area contributed by atoms with Gasteiger partial charge in [-0.3, -0.25) is 4.79 Å². The highest BCUT2D eigenvalue weighted by atomic mass is 35.5. The summed E-state index contributed by atoms with van der Waals surface area (Å²) in [7, 11) is 1.55. The minimum atomic E-state index is -0.308. The fourth-order valence-electron chi connectivity index (χ4n) is 3.06. The molecule has 0 fully saturated rings. The Labute approximate surface area is 178 Å². The summed E-state index contributed by atoms with van der Waals surface area (Å²) in [6.45, 7) is 1.94. The molecule has 4 rings (SSSR count). The van der Waals surface area contributed by atoms with Gasteiger partial charge in [-0.1, -0.05) is 48.0 Å². The highest BCUT2D eigenvalue weighted by Gasteiger charge is 2.14. The molecule has 0 aliphatic rings. The Balaban J connectivity index is 1.84. The second kappa shape index (κ2) is 8.43. The quantitative estimate of drug-likeness (QED) is 0.449. The zero-order chi connectivity index (χ0) is 21.1. The Morgan fingerprint density at radius 2 is 1.80 bits per heavy atom. The number of ether oxygens (including phenoxy) is 1. The van der Waals surface area contributed by atoms with Gasteiger partial charge in [0.2, 0.25) is 5.55 Å². The molecule has 0 atom stereocenters. The van der Waals surface area contributed by atoms with Crippen molar-refractivity contribution in [2.75, 3.05) is 12.4 Å². The maximum absolute atomic E-state index is 13.1. The summed E-state index contributed by atoms with van der Waals surface area (Å²) in [5.41, 5.74) is 3.39. The summed E-state index contributed by atoms with van der Waals surface area (Å²) in [6.07, 6.45) is 0. The molecule has 150 valence electrons. The lowest BCUT2D eigenvalue weighted by Gasteiger charge is -2.09. The van der Waals surface area contributed by atoms with E-state index in [2.05, 4.69) is 10.3 Å². The minimum absolute atomic E-state index is 0.195. The van der Waals surface area contributed by atoms with Gasteiger partial charge in [0.15, 0.2) is 0 Å². The van der Waals surface area contributed by atoms with Crippen LogP contribution < -0.4 is 15.6 Å². The molecular formula is C24H19ClN2O3. The number of halogens is 1. The van der Waals surface area contributed by atoms with E-state index < -0.39 is 0 Å². The SMILES string of the molecule is COc1ccc(N=c2oc3ccccc3cc2C(=O)Nc2ccccc2C)cc1Cl. The number of carbonyl (C=O) groups excluding carboxylic acids is 1. The number of benzene rings is 3. The monoisotopic (exact) mass is 418 g/mol. The second-order valence-electron chi connectivity index (χ2n) is 6.70. The van der Waals surface area contributed by atoms with Gasteiger partial charge in [-0.15, -0.1) is 0 Å². The first-order valence-electron chi connectivity index (χ1n) is 9.33. The molecule has 0 aliphatic carbocycles. The lowest BCUT2D eigenvalue weighted by molar-refractivity contribution is 0.102. The lowest BCUT2D eigenvalue weighted by Crippen LogP contribution is -2.22. The molecule has 1 N–H and O–H groups in total. The molecule has 0 saturated heterocycles. The third kappa shape index (κ3) is 4.07.